The van der Waals surface area contributed by atoms with E-state index in [1.807, 2.05) is 0 Å². The monoisotopic (exact) mass is 190 g/mol. The zero-order valence-corrected chi connectivity index (χ0v) is 4.13. The number of carbonyl (C=O) groups is 2. The van der Waals surface area contributed by atoms with Crippen molar-refractivity contribution in [2.75, 3.05) is 0 Å². The van der Waals surface area contributed by atoms with Gasteiger partial charge in [-0.1, -0.05) is 0 Å². The molecule has 0 atom stereocenters. The molecule has 5 heteroatoms. The van der Waals surface area contributed by atoms with Crippen molar-refractivity contribution in [2.45, 2.75) is 12.8 Å². The number of carboxylic acid groups (broad SMARTS) is 2. The Morgan fingerprint density at radius 2 is 1.22 bits per heavy atom. The zero-order chi connectivity index (χ0) is 6.57. The van der Waals surface area contributed by atoms with E-state index in [0.29, 0.717) is 0 Å². The number of hydrogen-bond acceptors (Lipinski definition) is 2. The minimum atomic E-state index is -1.08. The first kappa shape index (κ1) is 11.4. The third-order valence-electron chi connectivity index (χ3n) is 0.553. The molecule has 0 fully saturated rings. The van der Waals surface area contributed by atoms with Gasteiger partial charge in [-0.2, -0.15) is 0 Å². The Hall–Kier alpha value is -0.424. The van der Waals surface area contributed by atoms with Gasteiger partial charge in [0.25, 0.3) is 0 Å². The Labute approximate surface area is 64.9 Å². The second-order valence-corrected chi connectivity index (χ2v) is 1.29. The third-order valence-corrected chi connectivity index (χ3v) is 0.553. The first-order valence-corrected chi connectivity index (χ1v) is 2.06. The van der Waals surface area contributed by atoms with Gasteiger partial charge in [-0.25, -0.2) is 0 Å². The van der Waals surface area contributed by atoms with Gasteiger partial charge < -0.3 is 10.2 Å². The summed E-state index contributed by atoms with van der Waals surface area (Å²) in [6, 6.07) is 0. The molecule has 0 aliphatic rings. The molecule has 2 N–H and O–H groups in total. The molecule has 0 unspecified atom stereocenters. The molecule has 0 bridgehead atoms. The van der Waals surface area contributed by atoms with E-state index in [1.165, 1.54) is 0 Å². The maximum absolute atomic E-state index is 9.64. The predicted octanol–water partition coefficient (Wildman–Crippen LogP) is -1.25. The van der Waals surface area contributed by atoms with Gasteiger partial charge in [0.15, 0.2) is 0 Å². The summed E-state index contributed by atoms with van der Waals surface area (Å²) in [7, 11) is 0. The summed E-state index contributed by atoms with van der Waals surface area (Å²) in [6.45, 7) is 0. The van der Waals surface area contributed by atoms with Gasteiger partial charge in [0.2, 0.25) is 0 Å². The molecular weight excluding hydrogens is 182 g/mol. The molecule has 0 aliphatic heterocycles. The molecule has 0 aromatic rings. The van der Waals surface area contributed by atoms with Gasteiger partial charge in [0.05, 0.1) is 12.8 Å². The van der Waals surface area contributed by atoms with Crippen LogP contribution in [-0.2, 0) is 9.59 Å². The second-order valence-electron chi connectivity index (χ2n) is 1.29. The number of rotatable bonds is 3. The van der Waals surface area contributed by atoms with E-state index in [0.717, 1.165) is 0 Å². The normalized spacial score (nSPS) is 7.56. The minimum absolute atomic E-state index is 0. The molecule has 0 aromatic heterocycles. The van der Waals surface area contributed by atoms with E-state index in [9.17, 15) is 9.59 Å². The summed E-state index contributed by atoms with van der Waals surface area (Å²) in [5.41, 5.74) is 0. The number of carboxylic acids is 2. The van der Waals surface area contributed by atoms with Gasteiger partial charge in [0.1, 0.15) is 0 Å². The van der Waals surface area contributed by atoms with Crippen LogP contribution in [0.4, 0.5) is 0 Å². The molecule has 0 saturated carbocycles. The van der Waals surface area contributed by atoms with Crippen molar-refractivity contribution in [3.63, 3.8) is 0 Å². The van der Waals surface area contributed by atoms with Crippen molar-refractivity contribution >= 4 is 31.7 Å². The van der Waals surface area contributed by atoms with Crippen molar-refractivity contribution in [3.05, 3.63) is 0 Å². The first-order chi connectivity index (χ1) is 3.63. The van der Waals surface area contributed by atoms with Crippen molar-refractivity contribution in [3.8, 4) is 0 Å². The van der Waals surface area contributed by atoms with Crippen LogP contribution in [0.5, 0.6) is 0 Å². The molecule has 9 heavy (non-hydrogen) atoms. The third kappa shape index (κ3) is 11.2. The Bertz CT molecular complexity index is 97.1. The first-order valence-electron chi connectivity index (χ1n) is 2.06. The Morgan fingerprint density at radius 1 is 1.00 bits per heavy atom. The molecule has 0 spiro atoms. The van der Waals surface area contributed by atoms with Crippen molar-refractivity contribution < 1.29 is 19.8 Å². The van der Waals surface area contributed by atoms with Crippen LogP contribution < -0.4 is 0 Å². The van der Waals surface area contributed by atoms with Crippen LogP contribution in [0, 0.1) is 0 Å². The molecule has 0 heterocycles. The number of aliphatic carboxylic acids is 2. The topological polar surface area (TPSA) is 74.6 Å². The van der Waals surface area contributed by atoms with Crippen LogP contribution in [0.15, 0.2) is 0 Å². The summed E-state index contributed by atoms with van der Waals surface area (Å²) in [6.07, 6.45) is -0.593. The Morgan fingerprint density at radius 3 is 1.33 bits per heavy atom. The van der Waals surface area contributed by atoms with E-state index in [1.54, 1.807) is 0 Å². The van der Waals surface area contributed by atoms with E-state index in [4.69, 9.17) is 10.2 Å². The molecular formula is C4H9GaO4. The standard InChI is InChI=1S/C4H6O4.Ga.3H/c5-3(6)1-2-4(7)8;;;;/h1-2H2,(H,5,6)(H,7,8);;;;. The van der Waals surface area contributed by atoms with Crippen LogP contribution in [-0.4, -0.2) is 41.9 Å². The van der Waals surface area contributed by atoms with E-state index < -0.39 is 11.9 Å². The molecule has 0 saturated heterocycles. The van der Waals surface area contributed by atoms with Crippen LogP contribution in [0.2, 0.25) is 0 Å². The second kappa shape index (κ2) is 5.71. The van der Waals surface area contributed by atoms with Crippen molar-refractivity contribution in [1.82, 2.24) is 0 Å². The SMILES string of the molecule is O=C(O)CCC(=O)O.[GaH3]. The van der Waals surface area contributed by atoms with E-state index in [2.05, 4.69) is 0 Å². The van der Waals surface area contributed by atoms with Crippen molar-refractivity contribution in [1.29, 1.82) is 0 Å². The fourth-order valence-electron chi connectivity index (χ4n) is 0.214. The van der Waals surface area contributed by atoms with Crippen LogP contribution >= 0.6 is 0 Å². The molecule has 0 aromatic carbocycles. The molecule has 0 amide bonds. The molecule has 52 valence electrons. The zero-order valence-electron chi connectivity index (χ0n) is 4.13. The summed E-state index contributed by atoms with van der Waals surface area (Å²) in [5.74, 6) is -2.15. The quantitative estimate of drug-likeness (QED) is 0.546. The summed E-state index contributed by atoms with van der Waals surface area (Å²) in [4.78, 5) is 19.3. The van der Waals surface area contributed by atoms with Gasteiger partial charge in [-0.05, 0) is 0 Å². The van der Waals surface area contributed by atoms with Crippen LogP contribution in [0.1, 0.15) is 12.8 Å². The fraction of sp³-hybridized carbons (Fsp3) is 0.500. The van der Waals surface area contributed by atoms with E-state index in [-0.39, 0.29) is 32.6 Å². The Balaban J connectivity index is 0. The van der Waals surface area contributed by atoms with Gasteiger partial charge >= 0.3 is 31.7 Å². The van der Waals surface area contributed by atoms with Gasteiger partial charge in [0, 0.05) is 0 Å². The predicted molar refractivity (Wildman–Crippen MR) is 34.4 cm³/mol. The van der Waals surface area contributed by atoms with Crippen molar-refractivity contribution in [2.24, 2.45) is 0 Å². The number of hydrogen-bond donors (Lipinski definition) is 2. The average Bonchev–Trinajstić information content (AvgIpc) is 1.61. The summed E-state index contributed by atoms with van der Waals surface area (Å²) >= 11 is 0. The summed E-state index contributed by atoms with van der Waals surface area (Å²) < 4.78 is 0. The average molecular weight is 191 g/mol. The maximum atomic E-state index is 9.64. The van der Waals surface area contributed by atoms with Gasteiger partial charge in [-0.3, -0.25) is 9.59 Å². The molecule has 0 radical (unpaired) electrons. The Kier molecular flexibility index (Phi) is 7.22. The molecule has 0 rings (SSSR count). The molecule has 4 nitrogen and oxygen atoms in total. The van der Waals surface area contributed by atoms with Crippen LogP contribution in [0.25, 0.3) is 0 Å². The van der Waals surface area contributed by atoms with Gasteiger partial charge in [-0.15, -0.1) is 0 Å². The summed E-state index contributed by atoms with van der Waals surface area (Å²) in [5, 5.41) is 15.8. The van der Waals surface area contributed by atoms with Crippen LogP contribution in [0.3, 0.4) is 0 Å². The fourth-order valence-corrected chi connectivity index (χ4v) is 0.214. The molecule has 0 aliphatic carbocycles. The van der Waals surface area contributed by atoms with E-state index >= 15 is 0 Å².